The zero-order chi connectivity index (χ0) is 10.2. The third-order valence-electron chi connectivity index (χ3n) is 3.19. The van der Waals surface area contributed by atoms with E-state index in [4.69, 9.17) is 0 Å². The number of hydrogen-bond donors (Lipinski definition) is 1. The van der Waals surface area contributed by atoms with Gasteiger partial charge in [0.25, 0.3) is 0 Å². The Kier molecular flexibility index (Phi) is 6.25. The van der Waals surface area contributed by atoms with Crippen LogP contribution in [0.2, 0.25) is 0 Å². The highest BCUT2D eigenvalue weighted by atomic mass is 14.9. The van der Waals surface area contributed by atoms with Gasteiger partial charge in [-0.1, -0.05) is 39.0 Å². The first-order valence-corrected chi connectivity index (χ1v) is 6.56. The number of rotatable bonds is 9. The Morgan fingerprint density at radius 3 is 2.50 bits per heavy atom. The Balaban J connectivity index is 1.79. The second-order valence-electron chi connectivity index (χ2n) is 4.96. The van der Waals surface area contributed by atoms with Gasteiger partial charge >= 0.3 is 0 Å². The third kappa shape index (κ3) is 6.42. The van der Waals surface area contributed by atoms with Gasteiger partial charge < -0.3 is 5.32 Å². The van der Waals surface area contributed by atoms with E-state index in [0.29, 0.717) is 0 Å². The highest BCUT2D eigenvalue weighted by molar-refractivity contribution is 4.76. The van der Waals surface area contributed by atoms with Crippen molar-refractivity contribution in [3.05, 3.63) is 0 Å². The molecular weight excluding hydrogens is 170 g/mol. The van der Waals surface area contributed by atoms with E-state index in [1.165, 1.54) is 57.9 Å². The van der Waals surface area contributed by atoms with Crippen LogP contribution in [-0.2, 0) is 0 Å². The molecule has 1 atom stereocenters. The lowest BCUT2D eigenvalue weighted by Crippen LogP contribution is -2.27. The van der Waals surface area contributed by atoms with Crippen LogP contribution in [0, 0.1) is 5.92 Å². The second kappa shape index (κ2) is 7.28. The minimum Gasteiger partial charge on any atom is -0.314 e. The van der Waals surface area contributed by atoms with Crippen LogP contribution in [0.25, 0.3) is 0 Å². The molecule has 1 heteroatoms. The SMILES string of the molecule is CCCCCCCC(C)NCC1CC1. The first-order chi connectivity index (χ1) is 6.83. The predicted octanol–water partition coefficient (Wildman–Crippen LogP) is 3.74. The average Bonchev–Trinajstić information content (AvgIpc) is 2.98. The van der Waals surface area contributed by atoms with Crippen LogP contribution in [0.15, 0.2) is 0 Å². The van der Waals surface area contributed by atoms with Crippen molar-refractivity contribution in [1.82, 2.24) is 5.32 Å². The van der Waals surface area contributed by atoms with E-state index in [-0.39, 0.29) is 0 Å². The molecule has 0 bridgehead atoms. The molecule has 0 heterocycles. The summed E-state index contributed by atoms with van der Waals surface area (Å²) >= 11 is 0. The molecule has 1 N–H and O–H groups in total. The monoisotopic (exact) mass is 197 g/mol. The fourth-order valence-corrected chi connectivity index (χ4v) is 1.85. The summed E-state index contributed by atoms with van der Waals surface area (Å²) in [5.41, 5.74) is 0. The average molecular weight is 197 g/mol. The Morgan fingerprint density at radius 1 is 1.14 bits per heavy atom. The third-order valence-corrected chi connectivity index (χ3v) is 3.19. The Labute approximate surface area is 89.7 Å². The molecule has 0 amide bonds. The minimum absolute atomic E-state index is 0.747. The highest BCUT2D eigenvalue weighted by Crippen LogP contribution is 2.27. The molecule has 1 aliphatic carbocycles. The molecule has 0 saturated heterocycles. The van der Waals surface area contributed by atoms with Crippen molar-refractivity contribution < 1.29 is 0 Å². The van der Waals surface area contributed by atoms with Gasteiger partial charge in [-0.05, 0) is 38.6 Å². The zero-order valence-electron chi connectivity index (χ0n) is 10.0. The van der Waals surface area contributed by atoms with Crippen molar-refractivity contribution in [3.63, 3.8) is 0 Å². The van der Waals surface area contributed by atoms with E-state index in [0.717, 1.165) is 12.0 Å². The molecule has 0 aliphatic heterocycles. The Bertz CT molecular complexity index is 129. The van der Waals surface area contributed by atoms with Crippen LogP contribution in [0.1, 0.15) is 65.2 Å². The molecule has 14 heavy (non-hydrogen) atoms. The smallest absolute Gasteiger partial charge is 0.00388 e. The van der Waals surface area contributed by atoms with Crippen molar-refractivity contribution in [2.75, 3.05) is 6.54 Å². The lowest BCUT2D eigenvalue weighted by atomic mass is 10.1. The van der Waals surface area contributed by atoms with Crippen LogP contribution in [0.5, 0.6) is 0 Å². The molecule has 84 valence electrons. The molecule has 1 saturated carbocycles. The summed E-state index contributed by atoms with van der Waals surface area (Å²) < 4.78 is 0. The minimum atomic E-state index is 0.747. The molecule has 1 nitrogen and oxygen atoms in total. The summed E-state index contributed by atoms with van der Waals surface area (Å²) in [6.45, 7) is 5.89. The first-order valence-electron chi connectivity index (χ1n) is 6.56. The fourth-order valence-electron chi connectivity index (χ4n) is 1.85. The Morgan fingerprint density at radius 2 is 1.86 bits per heavy atom. The largest absolute Gasteiger partial charge is 0.314 e. The predicted molar refractivity (Wildman–Crippen MR) is 63.6 cm³/mol. The van der Waals surface area contributed by atoms with E-state index in [1.807, 2.05) is 0 Å². The lowest BCUT2D eigenvalue weighted by molar-refractivity contribution is 0.471. The lowest BCUT2D eigenvalue weighted by Gasteiger charge is -2.12. The van der Waals surface area contributed by atoms with Gasteiger partial charge in [0.2, 0.25) is 0 Å². The zero-order valence-corrected chi connectivity index (χ0v) is 10.0. The molecule has 0 aromatic carbocycles. The van der Waals surface area contributed by atoms with E-state index in [2.05, 4.69) is 19.2 Å². The van der Waals surface area contributed by atoms with Crippen molar-refractivity contribution in [2.45, 2.75) is 71.3 Å². The molecule has 0 spiro atoms. The van der Waals surface area contributed by atoms with Gasteiger partial charge in [-0.3, -0.25) is 0 Å². The van der Waals surface area contributed by atoms with Crippen LogP contribution in [0.3, 0.4) is 0 Å². The summed E-state index contributed by atoms with van der Waals surface area (Å²) in [6.07, 6.45) is 11.4. The van der Waals surface area contributed by atoms with Gasteiger partial charge in [-0.2, -0.15) is 0 Å². The van der Waals surface area contributed by atoms with Crippen LogP contribution >= 0.6 is 0 Å². The van der Waals surface area contributed by atoms with Gasteiger partial charge in [0, 0.05) is 6.04 Å². The topological polar surface area (TPSA) is 12.0 Å². The van der Waals surface area contributed by atoms with E-state index in [1.54, 1.807) is 0 Å². The van der Waals surface area contributed by atoms with Gasteiger partial charge in [0.1, 0.15) is 0 Å². The standard InChI is InChI=1S/C13H27N/c1-3-4-5-6-7-8-12(2)14-11-13-9-10-13/h12-14H,3-11H2,1-2H3. The van der Waals surface area contributed by atoms with Gasteiger partial charge in [-0.15, -0.1) is 0 Å². The normalized spacial score (nSPS) is 18.4. The highest BCUT2D eigenvalue weighted by Gasteiger charge is 2.20. The summed E-state index contributed by atoms with van der Waals surface area (Å²) in [4.78, 5) is 0. The van der Waals surface area contributed by atoms with E-state index in [9.17, 15) is 0 Å². The maximum Gasteiger partial charge on any atom is 0.00388 e. The summed E-state index contributed by atoms with van der Waals surface area (Å²) in [5, 5.41) is 3.64. The van der Waals surface area contributed by atoms with Crippen molar-refractivity contribution >= 4 is 0 Å². The quantitative estimate of drug-likeness (QED) is 0.555. The number of unbranched alkanes of at least 4 members (excludes halogenated alkanes) is 4. The second-order valence-corrected chi connectivity index (χ2v) is 4.96. The van der Waals surface area contributed by atoms with Crippen LogP contribution in [-0.4, -0.2) is 12.6 Å². The molecule has 0 radical (unpaired) electrons. The first kappa shape index (κ1) is 12.0. The van der Waals surface area contributed by atoms with Gasteiger partial charge in [0.15, 0.2) is 0 Å². The summed E-state index contributed by atoms with van der Waals surface area (Å²) in [7, 11) is 0. The molecular formula is C13H27N. The van der Waals surface area contributed by atoms with Gasteiger partial charge in [0.05, 0.1) is 0 Å². The Hall–Kier alpha value is -0.0400. The molecule has 1 rings (SSSR count). The van der Waals surface area contributed by atoms with E-state index >= 15 is 0 Å². The molecule has 1 fully saturated rings. The molecule has 0 aromatic rings. The number of nitrogens with one attached hydrogen (secondary N) is 1. The van der Waals surface area contributed by atoms with Crippen molar-refractivity contribution in [1.29, 1.82) is 0 Å². The molecule has 1 unspecified atom stereocenters. The fraction of sp³-hybridized carbons (Fsp3) is 1.00. The number of hydrogen-bond acceptors (Lipinski definition) is 1. The maximum absolute atomic E-state index is 3.64. The molecule has 0 aromatic heterocycles. The molecule has 1 aliphatic rings. The van der Waals surface area contributed by atoms with E-state index < -0.39 is 0 Å². The van der Waals surface area contributed by atoms with Crippen molar-refractivity contribution in [3.8, 4) is 0 Å². The summed E-state index contributed by atoms with van der Waals surface area (Å²) in [5.74, 6) is 1.03. The van der Waals surface area contributed by atoms with Crippen molar-refractivity contribution in [2.24, 2.45) is 5.92 Å². The van der Waals surface area contributed by atoms with Gasteiger partial charge in [-0.25, -0.2) is 0 Å². The maximum atomic E-state index is 3.64. The van der Waals surface area contributed by atoms with Crippen LogP contribution in [0.4, 0.5) is 0 Å². The summed E-state index contributed by atoms with van der Waals surface area (Å²) in [6, 6.07) is 0.747. The van der Waals surface area contributed by atoms with Crippen LogP contribution < -0.4 is 5.32 Å².